The van der Waals surface area contributed by atoms with Gasteiger partial charge in [-0.15, -0.1) is 0 Å². The average Bonchev–Trinajstić information content (AvgIpc) is 3.01. The Morgan fingerprint density at radius 1 is 0.630 bits per heavy atom. The molecule has 0 spiro atoms. The summed E-state index contributed by atoms with van der Waals surface area (Å²) in [6, 6.07) is 25.4. The molecule has 0 N–H and O–H groups in total. The predicted octanol–water partition coefficient (Wildman–Crippen LogP) is 6.02. The van der Waals surface area contributed by atoms with E-state index in [0.29, 0.717) is 0 Å². The van der Waals surface area contributed by atoms with Crippen LogP contribution in [0.2, 0.25) is 0 Å². The normalized spacial score (nSPS) is 12.3. The molecule has 2 aromatic heterocycles. The maximum Gasteiger partial charge on any atom is 0.149 e. The number of nitrogens with zero attached hydrogens (tertiary/aromatic N) is 3. The van der Waals surface area contributed by atoms with Crippen LogP contribution in [0.1, 0.15) is 26.6 Å². The average molecular weight is 351 g/mol. The lowest BCUT2D eigenvalue weighted by molar-refractivity contribution is 0.547. The van der Waals surface area contributed by atoms with Crippen molar-refractivity contribution in [2.45, 2.75) is 26.2 Å². The Bertz CT molecular complexity index is 1250. The van der Waals surface area contributed by atoms with Gasteiger partial charge in [-0.3, -0.25) is 4.57 Å². The molecule has 3 aromatic carbocycles. The molecule has 27 heavy (non-hydrogen) atoms. The van der Waals surface area contributed by atoms with Gasteiger partial charge in [0.2, 0.25) is 0 Å². The van der Waals surface area contributed by atoms with Gasteiger partial charge in [0.1, 0.15) is 11.6 Å². The molecule has 0 unspecified atom stereocenters. The van der Waals surface area contributed by atoms with Crippen LogP contribution in [-0.4, -0.2) is 14.5 Å². The highest BCUT2D eigenvalue weighted by Gasteiger charge is 2.22. The Hall–Kier alpha value is -3.20. The number of rotatable bonds is 1. The van der Waals surface area contributed by atoms with Gasteiger partial charge in [-0.05, 0) is 24.3 Å². The second-order valence-electron chi connectivity index (χ2n) is 8.01. The highest BCUT2D eigenvalue weighted by molar-refractivity contribution is 6.10. The van der Waals surface area contributed by atoms with E-state index in [4.69, 9.17) is 9.97 Å². The minimum atomic E-state index is -0.127. The van der Waals surface area contributed by atoms with Crippen LogP contribution >= 0.6 is 0 Å². The number of fused-ring (bicyclic) bond motifs is 4. The second kappa shape index (κ2) is 5.65. The van der Waals surface area contributed by atoms with Crippen LogP contribution in [0.15, 0.2) is 72.8 Å². The molecular formula is C24H21N3. The zero-order valence-electron chi connectivity index (χ0n) is 15.8. The first-order valence-electron chi connectivity index (χ1n) is 9.30. The SMILES string of the molecule is CC(C)(C)c1nc(-n2c3ccccc3c3ccccc32)c2ccccc2n1. The van der Waals surface area contributed by atoms with Gasteiger partial charge < -0.3 is 0 Å². The summed E-state index contributed by atoms with van der Waals surface area (Å²) in [6.07, 6.45) is 0. The van der Waals surface area contributed by atoms with E-state index in [2.05, 4.69) is 92.1 Å². The quantitative estimate of drug-likeness (QED) is 0.369. The van der Waals surface area contributed by atoms with E-state index in [-0.39, 0.29) is 5.41 Å². The number of hydrogen-bond acceptors (Lipinski definition) is 2. The fourth-order valence-electron chi connectivity index (χ4n) is 3.72. The molecule has 0 radical (unpaired) electrons. The second-order valence-corrected chi connectivity index (χ2v) is 8.01. The van der Waals surface area contributed by atoms with E-state index >= 15 is 0 Å². The summed E-state index contributed by atoms with van der Waals surface area (Å²) in [4.78, 5) is 9.92. The van der Waals surface area contributed by atoms with Gasteiger partial charge in [0.25, 0.3) is 0 Å². The van der Waals surface area contributed by atoms with Crippen LogP contribution in [0.5, 0.6) is 0 Å². The lowest BCUT2D eigenvalue weighted by Crippen LogP contribution is -2.17. The summed E-state index contributed by atoms with van der Waals surface area (Å²) in [5.41, 5.74) is 3.19. The van der Waals surface area contributed by atoms with E-state index in [1.165, 1.54) is 21.8 Å². The number of hydrogen-bond donors (Lipinski definition) is 0. The number of aromatic nitrogens is 3. The first kappa shape index (κ1) is 16.0. The molecule has 3 nitrogen and oxygen atoms in total. The van der Waals surface area contributed by atoms with Crippen molar-refractivity contribution in [2.75, 3.05) is 0 Å². The zero-order valence-corrected chi connectivity index (χ0v) is 15.8. The zero-order chi connectivity index (χ0) is 18.6. The van der Waals surface area contributed by atoms with Crippen molar-refractivity contribution in [1.82, 2.24) is 14.5 Å². The molecular weight excluding hydrogens is 330 g/mol. The Labute approximate surface area is 158 Å². The monoisotopic (exact) mass is 351 g/mol. The third-order valence-electron chi connectivity index (χ3n) is 5.05. The van der Waals surface area contributed by atoms with E-state index in [1.54, 1.807) is 0 Å². The predicted molar refractivity (Wildman–Crippen MR) is 113 cm³/mol. The molecule has 132 valence electrons. The third kappa shape index (κ3) is 2.42. The Kier molecular flexibility index (Phi) is 3.35. The first-order valence-corrected chi connectivity index (χ1v) is 9.30. The molecule has 5 aromatic rings. The summed E-state index contributed by atoms with van der Waals surface area (Å²) in [5, 5.41) is 3.55. The lowest BCUT2D eigenvalue weighted by atomic mass is 9.95. The van der Waals surface area contributed by atoms with E-state index < -0.39 is 0 Å². The van der Waals surface area contributed by atoms with Crippen LogP contribution in [0.25, 0.3) is 38.5 Å². The molecule has 0 bridgehead atoms. The highest BCUT2D eigenvalue weighted by Crippen LogP contribution is 2.34. The van der Waals surface area contributed by atoms with Crippen molar-refractivity contribution in [3.8, 4) is 5.82 Å². The molecule has 0 atom stereocenters. The van der Waals surface area contributed by atoms with E-state index in [1.807, 2.05) is 6.07 Å². The number of benzene rings is 3. The van der Waals surface area contributed by atoms with Crippen LogP contribution in [0.4, 0.5) is 0 Å². The lowest BCUT2D eigenvalue weighted by Gasteiger charge is -2.19. The van der Waals surface area contributed by atoms with Crippen molar-refractivity contribution in [2.24, 2.45) is 0 Å². The van der Waals surface area contributed by atoms with Gasteiger partial charge in [-0.25, -0.2) is 9.97 Å². The molecule has 5 rings (SSSR count). The van der Waals surface area contributed by atoms with Crippen LogP contribution in [0.3, 0.4) is 0 Å². The van der Waals surface area contributed by atoms with E-state index in [9.17, 15) is 0 Å². The van der Waals surface area contributed by atoms with Gasteiger partial charge in [0.15, 0.2) is 0 Å². The molecule has 0 aliphatic rings. The Morgan fingerprint density at radius 2 is 1.15 bits per heavy atom. The maximum absolute atomic E-state index is 5.07. The largest absolute Gasteiger partial charge is 0.293 e. The highest BCUT2D eigenvalue weighted by atomic mass is 15.1. The molecule has 0 saturated carbocycles. The maximum atomic E-state index is 5.07. The van der Waals surface area contributed by atoms with Gasteiger partial charge in [0, 0.05) is 21.6 Å². The minimum Gasteiger partial charge on any atom is -0.293 e. The molecule has 0 amide bonds. The first-order chi connectivity index (χ1) is 13.0. The van der Waals surface area contributed by atoms with Gasteiger partial charge in [-0.1, -0.05) is 69.3 Å². The van der Waals surface area contributed by atoms with Crippen molar-refractivity contribution in [1.29, 1.82) is 0 Å². The smallest absolute Gasteiger partial charge is 0.149 e. The Balaban J connectivity index is 1.99. The summed E-state index contributed by atoms with van der Waals surface area (Å²) >= 11 is 0. The van der Waals surface area contributed by atoms with Crippen molar-refractivity contribution in [3.63, 3.8) is 0 Å². The summed E-state index contributed by atoms with van der Waals surface area (Å²) in [7, 11) is 0. The summed E-state index contributed by atoms with van der Waals surface area (Å²) < 4.78 is 2.28. The summed E-state index contributed by atoms with van der Waals surface area (Å²) in [6.45, 7) is 6.48. The van der Waals surface area contributed by atoms with Gasteiger partial charge in [0.05, 0.1) is 16.6 Å². The molecule has 0 aliphatic carbocycles. The van der Waals surface area contributed by atoms with Crippen molar-refractivity contribution in [3.05, 3.63) is 78.6 Å². The van der Waals surface area contributed by atoms with Crippen LogP contribution < -0.4 is 0 Å². The van der Waals surface area contributed by atoms with Crippen molar-refractivity contribution >= 4 is 32.7 Å². The fraction of sp³-hybridized carbons (Fsp3) is 0.167. The van der Waals surface area contributed by atoms with Crippen molar-refractivity contribution < 1.29 is 0 Å². The van der Waals surface area contributed by atoms with Crippen LogP contribution in [-0.2, 0) is 5.41 Å². The molecule has 3 heteroatoms. The van der Waals surface area contributed by atoms with Gasteiger partial charge in [-0.2, -0.15) is 0 Å². The van der Waals surface area contributed by atoms with Crippen LogP contribution in [0, 0.1) is 0 Å². The van der Waals surface area contributed by atoms with E-state index in [0.717, 1.165) is 22.5 Å². The molecule has 0 fully saturated rings. The third-order valence-corrected chi connectivity index (χ3v) is 5.05. The molecule has 0 saturated heterocycles. The summed E-state index contributed by atoms with van der Waals surface area (Å²) in [5.74, 6) is 1.81. The topological polar surface area (TPSA) is 30.7 Å². The number of para-hydroxylation sites is 3. The molecule has 2 heterocycles. The fourth-order valence-corrected chi connectivity index (χ4v) is 3.72. The minimum absolute atomic E-state index is 0.127. The standard InChI is InChI=1S/C24H21N3/c1-24(2,3)23-25-19-13-7-4-12-18(19)22(26-23)27-20-14-8-5-10-16(20)17-11-6-9-15-21(17)27/h4-15H,1-3H3. The van der Waals surface area contributed by atoms with Gasteiger partial charge >= 0.3 is 0 Å². The Morgan fingerprint density at radius 3 is 1.74 bits per heavy atom. The molecule has 0 aliphatic heterocycles.